The first-order chi connectivity index (χ1) is 4.63. The van der Waals surface area contributed by atoms with E-state index in [1.54, 1.807) is 0 Å². The molecular weight excluding hydrogens is 145 g/mol. The van der Waals surface area contributed by atoms with Gasteiger partial charge in [0.1, 0.15) is 0 Å². The molecule has 0 aliphatic rings. The van der Waals surface area contributed by atoms with E-state index in [1.165, 1.54) is 0 Å². The quantitative estimate of drug-likeness (QED) is 0.505. The molecule has 0 fully saturated rings. The number of hydrogen-bond acceptors (Lipinski definition) is 1. The number of benzene rings is 1. The van der Waals surface area contributed by atoms with E-state index in [2.05, 4.69) is 0 Å². The van der Waals surface area contributed by atoms with Crippen molar-refractivity contribution in [3.63, 3.8) is 0 Å². The highest BCUT2D eigenvalue weighted by Gasteiger charge is 2.06. The maximum Gasteiger partial charge on any atom is 0.193 e. The SMILES string of the molecule is [O-]c1ccc(F)c(F)c1F. The van der Waals surface area contributed by atoms with E-state index >= 15 is 0 Å². The van der Waals surface area contributed by atoms with Gasteiger partial charge in [0.25, 0.3) is 0 Å². The second-order valence-electron chi connectivity index (χ2n) is 1.67. The van der Waals surface area contributed by atoms with Crippen molar-refractivity contribution in [1.82, 2.24) is 0 Å². The molecule has 0 bridgehead atoms. The lowest BCUT2D eigenvalue weighted by molar-refractivity contribution is -0.273. The van der Waals surface area contributed by atoms with Crippen LogP contribution in [0.1, 0.15) is 0 Å². The average Bonchev–Trinajstić information content (AvgIpc) is 1.93. The zero-order valence-electron chi connectivity index (χ0n) is 4.70. The molecule has 0 amide bonds. The minimum atomic E-state index is -1.72. The van der Waals surface area contributed by atoms with Gasteiger partial charge in [-0.3, -0.25) is 0 Å². The highest BCUT2D eigenvalue weighted by molar-refractivity contribution is 5.23. The second-order valence-corrected chi connectivity index (χ2v) is 1.67. The van der Waals surface area contributed by atoms with Gasteiger partial charge in [-0.05, 0) is 6.07 Å². The Labute approximate surface area is 54.7 Å². The lowest BCUT2D eigenvalue weighted by Crippen LogP contribution is -1.98. The third-order valence-corrected chi connectivity index (χ3v) is 1.000. The summed E-state index contributed by atoms with van der Waals surface area (Å²) < 4.78 is 36.1. The predicted octanol–water partition coefficient (Wildman–Crippen LogP) is 1.18. The Morgan fingerprint density at radius 2 is 1.60 bits per heavy atom. The monoisotopic (exact) mass is 147 g/mol. The van der Waals surface area contributed by atoms with Gasteiger partial charge in [0.15, 0.2) is 17.5 Å². The van der Waals surface area contributed by atoms with Crippen molar-refractivity contribution in [3.8, 4) is 5.75 Å². The Morgan fingerprint density at radius 1 is 1.00 bits per heavy atom. The van der Waals surface area contributed by atoms with E-state index in [1.807, 2.05) is 0 Å². The molecule has 0 aromatic heterocycles. The van der Waals surface area contributed by atoms with Crippen LogP contribution in [-0.4, -0.2) is 0 Å². The number of rotatable bonds is 0. The molecule has 54 valence electrons. The van der Waals surface area contributed by atoms with Crippen LogP contribution in [0.2, 0.25) is 0 Å². The molecule has 0 unspecified atom stereocenters. The van der Waals surface area contributed by atoms with Crippen LogP contribution in [0.15, 0.2) is 12.1 Å². The zero-order valence-corrected chi connectivity index (χ0v) is 4.70. The molecule has 0 heterocycles. The molecule has 0 atom stereocenters. The van der Waals surface area contributed by atoms with Gasteiger partial charge in [-0.1, -0.05) is 11.8 Å². The van der Waals surface area contributed by atoms with Gasteiger partial charge < -0.3 is 5.11 Å². The van der Waals surface area contributed by atoms with Crippen LogP contribution in [0.3, 0.4) is 0 Å². The lowest BCUT2D eigenvalue weighted by atomic mass is 10.3. The summed E-state index contributed by atoms with van der Waals surface area (Å²) in [5.41, 5.74) is 0. The van der Waals surface area contributed by atoms with Gasteiger partial charge in [-0.25, -0.2) is 13.2 Å². The van der Waals surface area contributed by atoms with Crippen LogP contribution in [0.25, 0.3) is 0 Å². The van der Waals surface area contributed by atoms with Gasteiger partial charge in [-0.2, -0.15) is 0 Å². The Kier molecular flexibility index (Phi) is 1.53. The molecular formula is C6H2F3O-. The largest absolute Gasteiger partial charge is 0.870 e. The first-order valence-electron chi connectivity index (χ1n) is 2.43. The molecule has 1 aromatic carbocycles. The van der Waals surface area contributed by atoms with Crippen LogP contribution in [0.4, 0.5) is 13.2 Å². The van der Waals surface area contributed by atoms with E-state index in [4.69, 9.17) is 0 Å². The minimum absolute atomic E-state index is 0.584. The summed E-state index contributed by atoms with van der Waals surface area (Å²) in [7, 11) is 0. The summed E-state index contributed by atoms with van der Waals surface area (Å²) in [6.07, 6.45) is 0. The first kappa shape index (κ1) is 6.92. The molecule has 0 N–H and O–H groups in total. The fourth-order valence-corrected chi connectivity index (χ4v) is 0.508. The standard InChI is InChI=1S/C6H3F3O/c7-3-1-2-4(10)6(9)5(3)8/h1-2,10H/p-1. The van der Waals surface area contributed by atoms with Gasteiger partial charge in [0.2, 0.25) is 0 Å². The molecule has 1 rings (SSSR count). The highest BCUT2D eigenvalue weighted by Crippen LogP contribution is 2.16. The Morgan fingerprint density at radius 3 is 2.10 bits per heavy atom. The summed E-state index contributed by atoms with van der Waals surface area (Å²) in [4.78, 5) is 0. The van der Waals surface area contributed by atoms with Crippen molar-refractivity contribution in [2.45, 2.75) is 0 Å². The maximum absolute atomic E-state index is 12.1. The van der Waals surface area contributed by atoms with Gasteiger partial charge in [0, 0.05) is 0 Å². The van der Waals surface area contributed by atoms with Gasteiger partial charge in [-0.15, -0.1) is 0 Å². The molecule has 4 heteroatoms. The molecule has 0 spiro atoms. The zero-order chi connectivity index (χ0) is 7.72. The average molecular weight is 147 g/mol. The second kappa shape index (κ2) is 2.21. The Hall–Kier alpha value is -1.19. The fraction of sp³-hybridized carbons (Fsp3) is 0. The summed E-state index contributed by atoms with van der Waals surface area (Å²) >= 11 is 0. The summed E-state index contributed by atoms with van der Waals surface area (Å²) in [6, 6.07) is 1.22. The first-order valence-corrected chi connectivity index (χ1v) is 2.43. The number of halogens is 3. The van der Waals surface area contributed by atoms with Crippen molar-refractivity contribution in [1.29, 1.82) is 0 Å². The predicted molar refractivity (Wildman–Crippen MR) is 25.8 cm³/mol. The van der Waals surface area contributed by atoms with Gasteiger partial charge in [0.05, 0.1) is 0 Å². The lowest BCUT2D eigenvalue weighted by Gasteiger charge is -2.05. The third-order valence-electron chi connectivity index (χ3n) is 1.000. The van der Waals surface area contributed by atoms with Crippen LogP contribution in [0, 0.1) is 17.5 Å². The van der Waals surface area contributed by atoms with Gasteiger partial charge >= 0.3 is 0 Å². The van der Waals surface area contributed by atoms with Crippen molar-refractivity contribution >= 4 is 0 Å². The Bertz CT molecular complexity index is 232. The topological polar surface area (TPSA) is 23.1 Å². The van der Waals surface area contributed by atoms with Crippen molar-refractivity contribution in [2.75, 3.05) is 0 Å². The smallest absolute Gasteiger partial charge is 0.193 e. The molecule has 0 aliphatic heterocycles. The van der Waals surface area contributed by atoms with Crippen LogP contribution < -0.4 is 5.11 Å². The Balaban J connectivity index is 3.34. The summed E-state index contributed by atoms with van der Waals surface area (Å²) in [6.45, 7) is 0. The van der Waals surface area contributed by atoms with E-state index in [0.717, 1.165) is 0 Å². The molecule has 10 heavy (non-hydrogen) atoms. The maximum atomic E-state index is 12.1. The molecule has 0 saturated carbocycles. The summed E-state index contributed by atoms with van der Waals surface area (Å²) in [5, 5.41) is 10.2. The van der Waals surface area contributed by atoms with Crippen molar-refractivity contribution < 1.29 is 18.3 Å². The van der Waals surface area contributed by atoms with E-state index in [0.29, 0.717) is 12.1 Å². The third kappa shape index (κ3) is 0.920. The molecule has 1 aromatic rings. The molecule has 0 radical (unpaired) electrons. The summed E-state index contributed by atoms with van der Waals surface area (Å²) in [5.74, 6) is -5.87. The van der Waals surface area contributed by atoms with Crippen LogP contribution in [-0.2, 0) is 0 Å². The van der Waals surface area contributed by atoms with E-state index in [9.17, 15) is 18.3 Å². The van der Waals surface area contributed by atoms with Crippen molar-refractivity contribution in [2.24, 2.45) is 0 Å². The number of hydrogen-bond donors (Lipinski definition) is 0. The highest BCUT2D eigenvalue weighted by atomic mass is 19.2. The molecule has 0 aliphatic carbocycles. The normalized spacial score (nSPS) is 9.90. The minimum Gasteiger partial charge on any atom is -0.870 e. The van der Waals surface area contributed by atoms with Crippen LogP contribution in [0.5, 0.6) is 5.75 Å². The fourth-order valence-electron chi connectivity index (χ4n) is 0.508. The molecule has 1 nitrogen and oxygen atoms in total. The van der Waals surface area contributed by atoms with Crippen molar-refractivity contribution in [3.05, 3.63) is 29.6 Å². The van der Waals surface area contributed by atoms with E-state index < -0.39 is 23.2 Å². The van der Waals surface area contributed by atoms with E-state index in [-0.39, 0.29) is 0 Å². The van der Waals surface area contributed by atoms with Crippen LogP contribution >= 0.6 is 0 Å². The molecule has 0 saturated heterocycles.